The lowest BCUT2D eigenvalue weighted by Gasteiger charge is -2.09. The van der Waals surface area contributed by atoms with Crippen LogP contribution < -0.4 is 10.6 Å². The van der Waals surface area contributed by atoms with Crippen molar-refractivity contribution in [3.63, 3.8) is 0 Å². The van der Waals surface area contributed by atoms with Crippen LogP contribution >= 0.6 is 0 Å². The number of anilines is 3. The van der Waals surface area contributed by atoms with Crippen molar-refractivity contribution < 1.29 is 22.3 Å². The van der Waals surface area contributed by atoms with Gasteiger partial charge in [-0.2, -0.15) is 8.42 Å². The van der Waals surface area contributed by atoms with Crippen LogP contribution in [0.2, 0.25) is 0 Å². The van der Waals surface area contributed by atoms with Crippen LogP contribution in [-0.2, 0) is 10.1 Å². The number of aromatic nitrogens is 1. The molecule has 0 spiro atoms. The Labute approximate surface area is 113 Å². The number of hydrogen-bond donors (Lipinski definition) is 3. The molecular formula is C11H9N3O5S. The van der Waals surface area contributed by atoms with Crippen molar-refractivity contribution in [2.75, 3.05) is 10.6 Å². The third kappa shape index (κ3) is 1.84. The van der Waals surface area contributed by atoms with E-state index in [0.29, 0.717) is 11.4 Å². The smallest absolute Gasteiger partial charge is 0.295 e. The third-order valence-corrected chi connectivity index (χ3v) is 3.78. The summed E-state index contributed by atoms with van der Waals surface area (Å²) in [6, 6.07) is 4.05. The van der Waals surface area contributed by atoms with E-state index in [1.807, 2.05) is 0 Å². The van der Waals surface area contributed by atoms with E-state index < -0.39 is 20.9 Å². The first-order valence-corrected chi connectivity index (χ1v) is 6.97. The molecule has 0 aliphatic carbocycles. The predicted octanol–water partition coefficient (Wildman–Crippen LogP) is 1.54. The first kappa shape index (κ1) is 12.6. The van der Waals surface area contributed by atoms with Gasteiger partial charge < -0.3 is 15.2 Å². The first-order chi connectivity index (χ1) is 9.38. The lowest BCUT2D eigenvalue weighted by atomic mass is 10.1. The lowest BCUT2D eigenvalue weighted by molar-refractivity contribution is 0.102. The van der Waals surface area contributed by atoms with Crippen molar-refractivity contribution in [2.24, 2.45) is 0 Å². The van der Waals surface area contributed by atoms with Crippen LogP contribution in [0.1, 0.15) is 16.1 Å². The largest absolute Gasteiger partial charge is 0.357 e. The van der Waals surface area contributed by atoms with E-state index in [1.165, 1.54) is 12.1 Å². The standard InChI is InChI=1S/C11H9N3O5S/c1-5-9-10(14-19-5)12-6-3-2-4-7(20(16,17)18)8(6)11(15)13-9/h2-4H,1H3,(H,12,14)(H,13,15)(H,16,17,18). The molecule has 0 bridgehead atoms. The Kier molecular flexibility index (Phi) is 2.56. The molecule has 0 saturated carbocycles. The number of carbonyl (C=O) groups is 1. The average molecular weight is 295 g/mol. The fraction of sp³-hybridized carbons (Fsp3) is 0.0909. The fourth-order valence-electron chi connectivity index (χ4n) is 1.99. The molecule has 3 N–H and O–H groups in total. The number of nitrogens with one attached hydrogen (secondary N) is 2. The maximum absolute atomic E-state index is 12.2. The number of fused-ring (bicyclic) bond motifs is 2. The van der Waals surface area contributed by atoms with Crippen LogP contribution in [0.5, 0.6) is 0 Å². The van der Waals surface area contributed by atoms with Crippen LogP contribution in [0.4, 0.5) is 17.2 Å². The lowest BCUT2D eigenvalue weighted by Crippen LogP contribution is -2.16. The van der Waals surface area contributed by atoms with Gasteiger partial charge in [0.25, 0.3) is 16.0 Å². The van der Waals surface area contributed by atoms with Gasteiger partial charge in [-0.3, -0.25) is 9.35 Å². The number of amides is 1. The van der Waals surface area contributed by atoms with E-state index in [4.69, 9.17) is 4.52 Å². The zero-order chi connectivity index (χ0) is 14.5. The highest BCUT2D eigenvalue weighted by Gasteiger charge is 2.29. The van der Waals surface area contributed by atoms with Gasteiger partial charge in [-0.25, -0.2) is 0 Å². The second-order valence-electron chi connectivity index (χ2n) is 4.20. The van der Waals surface area contributed by atoms with E-state index in [2.05, 4.69) is 15.8 Å². The summed E-state index contributed by atoms with van der Waals surface area (Å²) >= 11 is 0. The summed E-state index contributed by atoms with van der Waals surface area (Å²) in [5.41, 5.74) is 0.365. The maximum atomic E-state index is 12.2. The van der Waals surface area contributed by atoms with Gasteiger partial charge in [0.05, 0.1) is 11.3 Å². The van der Waals surface area contributed by atoms with Crippen LogP contribution in [-0.4, -0.2) is 24.0 Å². The molecule has 1 amide bonds. The van der Waals surface area contributed by atoms with E-state index in [-0.39, 0.29) is 17.1 Å². The quantitative estimate of drug-likeness (QED) is 0.682. The van der Waals surface area contributed by atoms with Crippen molar-refractivity contribution in [3.8, 4) is 0 Å². The molecule has 1 aromatic heterocycles. The van der Waals surface area contributed by atoms with Gasteiger partial charge in [0.15, 0.2) is 11.6 Å². The number of nitrogens with zero attached hydrogens (tertiary/aromatic N) is 1. The Hall–Kier alpha value is -2.39. The SMILES string of the molecule is Cc1onc2c1NC(=O)c1c(cccc1S(=O)(=O)O)N2. The summed E-state index contributed by atoms with van der Waals surface area (Å²) in [6.45, 7) is 1.60. The monoisotopic (exact) mass is 295 g/mol. The van der Waals surface area contributed by atoms with E-state index in [0.717, 1.165) is 6.07 Å². The van der Waals surface area contributed by atoms with Gasteiger partial charge in [-0.15, -0.1) is 0 Å². The number of carbonyl (C=O) groups excluding carboxylic acids is 1. The van der Waals surface area contributed by atoms with Gasteiger partial charge in [0, 0.05) is 0 Å². The second kappa shape index (κ2) is 4.05. The van der Waals surface area contributed by atoms with Crippen molar-refractivity contribution in [2.45, 2.75) is 11.8 Å². The van der Waals surface area contributed by atoms with Gasteiger partial charge in [0.2, 0.25) is 0 Å². The molecule has 8 nitrogen and oxygen atoms in total. The third-order valence-electron chi connectivity index (χ3n) is 2.89. The molecule has 9 heteroatoms. The van der Waals surface area contributed by atoms with Crippen LogP contribution in [0, 0.1) is 6.92 Å². The summed E-state index contributed by atoms with van der Waals surface area (Å²) < 4.78 is 36.9. The average Bonchev–Trinajstić information content (AvgIpc) is 2.63. The molecule has 2 aromatic rings. The molecule has 2 heterocycles. The molecule has 0 atom stereocenters. The zero-order valence-electron chi connectivity index (χ0n) is 10.2. The molecule has 20 heavy (non-hydrogen) atoms. The van der Waals surface area contributed by atoms with Crippen molar-refractivity contribution in [3.05, 3.63) is 29.5 Å². The van der Waals surface area contributed by atoms with Crippen LogP contribution in [0.25, 0.3) is 0 Å². The number of benzene rings is 1. The Bertz CT molecular complexity index is 825. The molecule has 1 aliphatic rings. The minimum Gasteiger partial charge on any atom is -0.357 e. The van der Waals surface area contributed by atoms with Gasteiger partial charge in [0.1, 0.15) is 10.6 Å². The zero-order valence-corrected chi connectivity index (χ0v) is 11.0. The van der Waals surface area contributed by atoms with E-state index in [1.54, 1.807) is 6.92 Å². The summed E-state index contributed by atoms with van der Waals surface area (Å²) in [5.74, 6) is -0.0325. The highest BCUT2D eigenvalue weighted by atomic mass is 32.2. The molecule has 1 aliphatic heterocycles. The molecule has 3 rings (SSSR count). The minimum atomic E-state index is -4.52. The van der Waals surface area contributed by atoms with Gasteiger partial charge >= 0.3 is 0 Å². The molecule has 0 radical (unpaired) electrons. The Balaban J connectivity index is 2.26. The minimum absolute atomic E-state index is 0.174. The first-order valence-electron chi connectivity index (χ1n) is 5.53. The normalized spacial score (nSPS) is 13.8. The summed E-state index contributed by atoms with van der Waals surface area (Å²) in [5, 5.41) is 9.04. The summed E-state index contributed by atoms with van der Waals surface area (Å²) in [7, 11) is -4.52. The van der Waals surface area contributed by atoms with E-state index >= 15 is 0 Å². The predicted molar refractivity (Wildman–Crippen MR) is 68.7 cm³/mol. The Morgan fingerprint density at radius 1 is 1.30 bits per heavy atom. The topological polar surface area (TPSA) is 122 Å². The number of rotatable bonds is 1. The highest BCUT2D eigenvalue weighted by molar-refractivity contribution is 7.86. The van der Waals surface area contributed by atoms with Gasteiger partial charge in [-0.1, -0.05) is 11.2 Å². The van der Waals surface area contributed by atoms with Gasteiger partial charge in [-0.05, 0) is 19.1 Å². The maximum Gasteiger partial charge on any atom is 0.295 e. The number of hydrogen-bond acceptors (Lipinski definition) is 6. The van der Waals surface area contributed by atoms with Crippen LogP contribution in [0.3, 0.4) is 0 Å². The fourth-order valence-corrected chi connectivity index (χ4v) is 2.70. The summed E-state index contributed by atoms with van der Waals surface area (Å²) in [4.78, 5) is 11.7. The van der Waals surface area contributed by atoms with E-state index in [9.17, 15) is 17.8 Å². The second-order valence-corrected chi connectivity index (χ2v) is 5.59. The van der Waals surface area contributed by atoms with Crippen molar-refractivity contribution >= 4 is 33.2 Å². The molecule has 0 fully saturated rings. The van der Waals surface area contributed by atoms with Crippen molar-refractivity contribution in [1.29, 1.82) is 0 Å². The Morgan fingerprint density at radius 2 is 2.05 bits per heavy atom. The van der Waals surface area contributed by atoms with Crippen molar-refractivity contribution in [1.82, 2.24) is 5.16 Å². The molecular weight excluding hydrogens is 286 g/mol. The highest BCUT2D eigenvalue weighted by Crippen LogP contribution is 2.35. The number of aryl methyl sites for hydroxylation is 1. The molecule has 0 unspecified atom stereocenters. The Morgan fingerprint density at radius 3 is 2.75 bits per heavy atom. The van der Waals surface area contributed by atoms with Crippen LogP contribution in [0.15, 0.2) is 27.6 Å². The summed E-state index contributed by atoms with van der Waals surface area (Å²) in [6.07, 6.45) is 0. The molecule has 0 saturated heterocycles. The molecule has 1 aromatic carbocycles. The molecule has 104 valence electrons.